The number of benzene rings is 1. The number of amides is 1. The van der Waals surface area contributed by atoms with E-state index in [0.29, 0.717) is 39.0 Å². The smallest absolute Gasteiger partial charge is 0.227 e. The van der Waals surface area contributed by atoms with Crippen LogP contribution in [0.5, 0.6) is 0 Å². The Balaban J connectivity index is 2.17. The minimum atomic E-state index is -0.637. The molecule has 0 aromatic heterocycles. The number of carbonyl (C=O) groups is 1. The Morgan fingerprint density at radius 2 is 1.77 bits per heavy atom. The van der Waals surface area contributed by atoms with Crippen molar-refractivity contribution in [2.45, 2.75) is 26.7 Å². The van der Waals surface area contributed by atoms with Crippen molar-refractivity contribution in [1.82, 2.24) is 5.32 Å². The summed E-state index contributed by atoms with van der Waals surface area (Å²) in [6, 6.07) is 2.39. The molecule has 122 valence electrons. The zero-order chi connectivity index (χ0) is 16.1. The van der Waals surface area contributed by atoms with E-state index in [1.807, 2.05) is 13.8 Å². The molecule has 1 aromatic carbocycles. The van der Waals surface area contributed by atoms with Crippen LogP contribution in [0.25, 0.3) is 0 Å². The summed E-state index contributed by atoms with van der Waals surface area (Å²) in [5, 5.41) is 5.75. The first-order chi connectivity index (χ1) is 10.6. The van der Waals surface area contributed by atoms with Gasteiger partial charge in [-0.1, -0.05) is 13.8 Å². The van der Waals surface area contributed by atoms with Crippen LogP contribution in [-0.2, 0) is 4.79 Å². The van der Waals surface area contributed by atoms with Crippen LogP contribution in [0.4, 0.5) is 20.2 Å². The molecule has 0 radical (unpaired) electrons. The number of anilines is 2. The van der Waals surface area contributed by atoms with E-state index in [0.717, 1.165) is 0 Å². The minimum Gasteiger partial charge on any atom is -0.364 e. The number of carbonyl (C=O) groups excluding carboxylic acids is 1. The fourth-order valence-electron chi connectivity index (χ4n) is 2.73. The van der Waals surface area contributed by atoms with E-state index in [9.17, 15) is 13.6 Å². The van der Waals surface area contributed by atoms with Crippen LogP contribution < -0.4 is 15.5 Å². The molecule has 1 fully saturated rings. The largest absolute Gasteiger partial charge is 0.364 e. The van der Waals surface area contributed by atoms with Gasteiger partial charge in [0.25, 0.3) is 0 Å². The molecule has 0 saturated carbocycles. The Labute approximate surface area is 129 Å². The molecule has 0 unspecified atom stereocenters. The fraction of sp³-hybridized carbons (Fsp3) is 0.562. The first kappa shape index (κ1) is 16.7. The highest BCUT2D eigenvalue weighted by Gasteiger charge is 2.21. The third-order valence-corrected chi connectivity index (χ3v) is 4.07. The summed E-state index contributed by atoms with van der Waals surface area (Å²) in [6.07, 6.45) is 1.40. The highest BCUT2D eigenvalue weighted by molar-refractivity contribution is 5.92. The monoisotopic (exact) mass is 311 g/mol. The van der Waals surface area contributed by atoms with E-state index in [-0.39, 0.29) is 23.2 Å². The third kappa shape index (κ3) is 3.74. The first-order valence-corrected chi connectivity index (χ1v) is 7.82. The van der Waals surface area contributed by atoms with Crippen molar-refractivity contribution in [3.63, 3.8) is 0 Å². The van der Waals surface area contributed by atoms with Gasteiger partial charge in [0.2, 0.25) is 5.91 Å². The molecule has 0 aliphatic carbocycles. The Morgan fingerprint density at radius 1 is 1.23 bits per heavy atom. The van der Waals surface area contributed by atoms with Gasteiger partial charge in [-0.3, -0.25) is 4.79 Å². The van der Waals surface area contributed by atoms with E-state index < -0.39 is 11.6 Å². The van der Waals surface area contributed by atoms with Crippen LogP contribution in [-0.4, -0.2) is 32.1 Å². The molecule has 2 rings (SSSR count). The Bertz CT molecular complexity index is 503. The fourth-order valence-corrected chi connectivity index (χ4v) is 2.73. The zero-order valence-electron chi connectivity index (χ0n) is 13.1. The maximum absolute atomic E-state index is 14.3. The van der Waals surface area contributed by atoms with Crippen LogP contribution in [0.1, 0.15) is 26.7 Å². The molecule has 1 aliphatic heterocycles. The number of piperazine rings is 1. The molecule has 1 amide bonds. The number of nitrogens with zero attached hydrogens (tertiary/aromatic N) is 1. The van der Waals surface area contributed by atoms with E-state index in [2.05, 4.69) is 10.6 Å². The average Bonchev–Trinajstić information content (AvgIpc) is 2.49. The molecule has 22 heavy (non-hydrogen) atoms. The number of nitrogens with one attached hydrogen (secondary N) is 2. The second-order valence-corrected chi connectivity index (χ2v) is 5.53. The van der Waals surface area contributed by atoms with E-state index in [1.54, 1.807) is 4.90 Å². The second kappa shape index (κ2) is 7.54. The van der Waals surface area contributed by atoms with Gasteiger partial charge in [-0.15, -0.1) is 0 Å². The quantitative estimate of drug-likeness (QED) is 0.879. The Hall–Kier alpha value is -1.69. The maximum Gasteiger partial charge on any atom is 0.227 e. The summed E-state index contributed by atoms with van der Waals surface area (Å²) < 4.78 is 28.5. The zero-order valence-corrected chi connectivity index (χ0v) is 13.1. The molecule has 6 heteroatoms. The molecule has 2 N–H and O–H groups in total. The number of hydrogen-bond acceptors (Lipinski definition) is 3. The van der Waals surface area contributed by atoms with E-state index >= 15 is 0 Å². The van der Waals surface area contributed by atoms with Gasteiger partial charge in [0.05, 0.1) is 0 Å². The van der Waals surface area contributed by atoms with E-state index in [1.165, 1.54) is 12.1 Å². The lowest BCUT2D eigenvalue weighted by molar-refractivity contribution is -0.120. The Morgan fingerprint density at radius 3 is 2.27 bits per heavy atom. The van der Waals surface area contributed by atoms with Crippen molar-refractivity contribution in [2.24, 2.45) is 5.92 Å². The lowest BCUT2D eigenvalue weighted by Gasteiger charge is -2.30. The summed E-state index contributed by atoms with van der Waals surface area (Å²) in [4.78, 5) is 13.7. The Kier molecular flexibility index (Phi) is 5.71. The van der Waals surface area contributed by atoms with Crippen molar-refractivity contribution in [1.29, 1.82) is 0 Å². The topological polar surface area (TPSA) is 44.4 Å². The highest BCUT2D eigenvalue weighted by atomic mass is 19.1. The number of halogens is 2. The summed E-state index contributed by atoms with van der Waals surface area (Å²) in [5.74, 6) is -1.61. The third-order valence-electron chi connectivity index (χ3n) is 4.07. The lowest BCUT2D eigenvalue weighted by atomic mass is 10.0. The second-order valence-electron chi connectivity index (χ2n) is 5.53. The molecule has 0 atom stereocenters. The molecule has 0 spiro atoms. The van der Waals surface area contributed by atoms with Crippen LogP contribution in [0.2, 0.25) is 0 Å². The van der Waals surface area contributed by atoms with Crippen molar-refractivity contribution in [3.05, 3.63) is 23.8 Å². The van der Waals surface area contributed by atoms with Crippen molar-refractivity contribution < 1.29 is 13.6 Å². The van der Waals surface area contributed by atoms with Crippen LogP contribution in [0.3, 0.4) is 0 Å². The molecule has 4 nitrogen and oxygen atoms in total. The normalized spacial score (nSPS) is 15.2. The van der Waals surface area contributed by atoms with Gasteiger partial charge in [-0.2, -0.15) is 0 Å². The predicted molar refractivity (Wildman–Crippen MR) is 84.1 cm³/mol. The SMILES string of the molecule is CCC(CC)C(=O)Nc1cc(F)c(N2CCNCC2)c(F)c1. The number of hydrogen-bond donors (Lipinski definition) is 2. The summed E-state index contributed by atoms with van der Waals surface area (Å²) in [7, 11) is 0. The van der Waals surface area contributed by atoms with Gasteiger partial charge in [0.15, 0.2) is 11.6 Å². The van der Waals surface area contributed by atoms with Gasteiger partial charge >= 0.3 is 0 Å². The van der Waals surface area contributed by atoms with Gasteiger partial charge in [0.1, 0.15) is 5.69 Å². The van der Waals surface area contributed by atoms with Crippen molar-refractivity contribution >= 4 is 17.3 Å². The van der Waals surface area contributed by atoms with Gasteiger partial charge < -0.3 is 15.5 Å². The standard InChI is InChI=1S/C16H23F2N3O/c1-3-11(4-2)16(22)20-12-9-13(17)15(14(18)10-12)21-7-5-19-6-8-21/h9-11,19H,3-8H2,1-2H3,(H,20,22). The molecular formula is C16H23F2N3O. The molecular weight excluding hydrogens is 288 g/mol. The maximum atomic E-state index is 14.3. The lowest BCUT2D eigenvalue weighted by Crippen LogP contribution is -2.44. The average molecular weight is 311 g/mol. The molecule has 1 heterocycles. The molecule has 1 aliphatic rings. The molecule has 1 aromatic rings. The molecule has 1 saturated heterocycles. The van der Waals surface area contributed by atoms with Gasteiger partial charge in [-0.25, -0.2) is 8.78 Å². The van der Waals surface area contributed by atoms with Crippen LogP contribution >= 0.6 is 0 Å². The predicted octanol–water partition coefficient (Wildman–Crippen LogP) is 2.75. The first-order valence-electron chi connectivity index (χ1n) is 7.82. The summed E-state index contributed by atoms with van der Waals surface area (Å²) in [6.45, 7) is 6.36. The van der Waals surface area contributed by atoms with Gasteiger partial charge in [0, 0.05) is 37.8 Å². The van der Waals surface area contributed by atoms with Crippen molar-refractivity contribution in [3.8, 4) is 0 Å². The summed E-state index contributed by atoms with van der Waals surface area (Å²) >= 11 is 0. The van der Waals surface area contributed by atoms with Crippen LogP contribution in [0, 0.1) is 17.6 Å². The van der Waals surface area contributed by atoms with Gasteiger partial charge in [-0.05, 0) is 25.0 Å². The van der Waals surface area contributed by atoms with Crippen LogP contribution in [0.15, 0.2) is 12.1 Å². The minimum absolute atomic E-state index is 0.0120. The van der Waals surface area contributed by atoms with Crippen molar-refractivity contribution in [2.75, 3.05) is 36.4 Å². The highest BCUT2D eigenvalue weighted by Crippen LogP contribution is 2.28. The van der Waals surface area contributed by atoms with E-state index in [4.69, 9.17) is 0 Å². The molecule has 0 bridgehead atoms. The summed E-state index contributed by atoms with van der Waals surface area (Å²) in [5.41, 5.74) is 0.160. The number of rotatable bonds is 5.